The Kier molecular flexibility index (Phi) is 16.3. The molecule has 0 radical (unpaired) electrons. The van der Waals surface area contributed by atoms with E-state index in [9.17, 15) is 135 Å². The fourth-order valence-corrected chi connectivity index (χ4v) is 3.36. The highest BCUT2D eigenvalue weighted by Gasteiger charge is 2.76. The normalized spacial score (nSPS) is 15.4. The van der Waals surface area contributed by atoms with Gasteiger partial charge < -0.3 is 5.11 Å². The van der Waals surface area contributed by atoms with E-state index in [2.05, 4.69) is 4.18 Å². The van der Waals surface area contributed by atoms with Crippen LogP contribution >= 0.6 is 0 Å². The van der Waals surface area contributed by atoms with Crippen molar-refractivity contribution in [1.29, 1.82) is 0 Å². The van der Waals surface area contributed by atoms with Gasteiger partial charge in [-0.2, -0.15) is 117 Å². The average molecular weight is 878 g/mol. The van der Waals surface area contributed by atoms with Crippen LogP contribution in [0.4, 0.5) is 110 Å². The lowest BCUT2D eigenvalue weighted by molar-refractivity contribution is -0.343. The molecule has 306 valence electrons. The number of hydrogen-bond donors (Lipinski definition) is 1. The first-order valence-corrected chi connectivity index (χ1v) is 14.1. The summed E-state index contributed by atoms with van der Waals surface area (Å²) in [6.45, 7) is -6.06. The molecule has 0 atom stereocenters. The Labute approximate surface area is 257 Å². The minimum absolute atomic E-state index is 2.05. The van der Waals surface area contributed by atoms with Crippen LogP contribution < -0.4 is 0 Å². The zero-order valence-electron chi connectivity index (χ0n) is 21.5. The Bertz CT molecular complexity index is 1380. The maximum absolute atomic E-state index is 12.7. The Hall–Kier alpha value is -2.02. The third-order valence-electron chi connectivity index (χ3n) is 3.93. The number of aliphatic hydroxyl groups excluding tert-OH is 1. The molecule has 0 amide bonds. The predicted molar refractivity (Wildman–Crippen MR) is 101 cm³/mol. The molecule has 0 aromatic carbocycles. The first-order chi connectivity index (χ1) is 21.1. The van der Waals surface area contributed by atoms with E-state index in [1.807, 2.05) is 3.63 Å². The molecule has 1 N–H and O–H groups in total. The van der Waals surface area contributed by atoms with Crippen LogP contribution in [0.25, 0.3) is 0 Å². The molecule has 0 aliphatic carbocycles. The lowest BCUT2D eigenvalue weighted by Gasteiger charge is -2.31. The summed E-state index contributed by atoms with van der Waals surface area (Å²) in [5.41, 5.74) is -18.8. The maximum Gasteiger partial charge on any atom is 0.524 e. The highest BCUT2D eigenvalue weighted by Crippen LogP contribution is 2.49. The summed E-state index contributed by atoms with van der Waals surface area (Å²) in [6, 6.07) is 0. The van der Waals surface area contributed by atoms with E-state index < -0.39 is 108 Å². The first kappa shape index (κ1) is 52.3. The van der Waals surface area contributed by atoms with Gasteiger partial charge in [0, 0.05) is 0 Å². The summed E-state index contributed by atoms with van der Waals surface area (Å²) in [7, 11) is -20.5. The molecule has 0 aromatic heterocycles. The van der Waals surface area contributed by atoms with Crippen LogP contribution in [-0.4, -0.2) is 108 Å². The fourth-order valence-electron chi connectivity index (χ4n) is 1.37. The lowest BCUT2D eigenvalue weighted by Crippen LogP contribution is -2.59. The van der Waals surface area contributed by atoms with E-state index in [1.165, 1.54) is 0 Å². The van der Waals surface area contributed by atoms with Gasteiger partial charge in [0.1, 0.15) is 13.2 Å². The molecule has 0 bridgehead atoms. The third-order valence-corrected chi connectivity index (χ3v) is 7.49. The molecule has 0 fully saturated rings. The number of hydrogen-bond acceptors (Lipinski definition) is 9. The minimum atomic E-state index is -6.87. The Morgan fingerprint density at radius 1 is 0.440 bits per heavy atom. The molecular weight excluding hydrogens is 871 g/mol. The van der Waals surface area contributed by atoms with Gasteiger partial charge in [-0.3, -0.25) is 4.18 Å². The molecule has 0 saturated carbocycles. The van der Waals surface area contributed by atoms with E-state index in [-0.39, 0.29) is 0 Å². The molecule has 50 heavy (non-hydrogen) atoms. The van der Waals surface area contributed by atoms with E-state index in [1.54, 1.807) is 0 Å². The molecule has 0 aromatic rings. The van der Waals surface area contributed by atoms with E-state index in [4.69, 9.17) is 5.11 Å². The molecular formula is C13H7F25O9S3. The summed E-state index contributed by atoms with van der Waals surface area (Å²) in [4.78, 5) is 0. The predicted octanol–water partition coefficient (Wildman–Crippen LogP) is 5.88. The van der Waals surface area contributed by atoms with Crippen molar-refractivity contribution in [2.24, 2.45) is 0 Å². The van der Waals surface area contributed by atoms with Crippen LogP contribution in [0.2, 0.25) is 0 Å². The van der Waals surface area contributed by atoms with Gasteiger partial charge in [0.2, 0.25) is 0 Å². The van der Waals surface area contributed by atoms with Gasteiger partial charge in [0.15, 0.2) is 0 Å². The van der Waals surface area contributed by atoms with Crippen LogP contribution in [-0.2, 0) is 38.2 Å². The van der Waals surface area contributed by atoms with E-state index in [0.717, 1.165) is 0 Å². The van der Waals surface area contributed by atoms with Crippen molar-refractivity contribution in [1.82, 2.24) is 0 Å². The van der Waals surface area contributed by atoms with Crippen molar-refractivity contribution in [3.05, 3.63) is 0 Å². The zero-order chi connectivity index (χ0) is 42.0. The smallest absolute Gasteiger partial charge is 0.390 e. The van der Waals surface area contributed by atoms with Gasteiger partial charge in [-0.05, 0) is 0 Å². The number of aliphatic hydroxyl groups is 1. The average Bonchev–Trinajstić information content (AvgIpc) is 2.85. The minimum Gasteiger partial charge on any atom is -0.390 e. The fraction of sp³-hybridized carbons (Fsp3) is 1.00. The summed E-state index contributed by atoms with van der Waals surface area (Å²) < 4.78 is 361. The number of rotatable bonds is 12. The van der Waals surface area contributed by atoms with Gasteiger partial charge in [-0.15, -0.1) is 3.63 Å². The molecule has 0 rings (SSSR count). The topological polar surface area (TPSA) is 141 Å². The zero-order valence-corrected chi connectivity index (χ0v) is 23.9. The Morgan fingerprint density at radius 2 is 0.680 bits per heavy atom. The van der Waals surface area contributed by atoms with Crippen LogP contribution in [0.5, 0.6) is 0 Å². The monoisotopic (exact) mass is 878 g/mol. The van der Waals surface area contributed by atoms with Gasteiger partial charge in [0.05, 0.1) is 0 Å². The van der Waals surface area contributed by atoms with Crippen LogP contribution in [0.3, 0.4) is 0 Å². The van der Waals surface area contributed by atoms with Crippen molar-refractivity contribution in [3.63, 3.8) is 0 Å². The second kappa shape index (κ2) is 15.5. The maximum atomic E-state index is 12.7. The third kappa shape index (κ3) is 11.7. The second-order valence-corrected chi connectivity index (χ2v) is 12.5. The van der Waals surface area contributed by atoms with Gasteiger partial charge in [-0.1, -0.05) is 0 Å². The summed E-state index contributed by atoms with van der Waals surface area (Å²) in [5.74, 6) is -37.9. The van der Waals surface area contributed by atoms with Crippen LogP contribution in [0.15, 0.2) is 0 Å². The quantitative estimate of drug-likeness (QED) is 0.145. The molecule has 0 unspecified atom stereocenters. The molecule has 9 nitrogen and oxygen atoms in total. The highest BCUT2D eigenvalue weighted by atomic mass is 32.3. The largest absolute Gasteiger partial charge is 0.524 e. The Balaban J connectivity index is -0.000000682. The van der Waals surface area contributed by atoms with Crippen LogP contribution in [0.1, 0.15) is 0 Å². The van der Waals surface area contributed by atoms with Crippen molar-refractivity contribution in [2.75, 3.05) is 13.2 Å². The van der Waals surface area contributed by atoms with Crippen molar-refractivity contribution >= 4 is 30.4 Å². The molecule has 0 heterocycles. The summed E-state index contributed by atoms with van der Waals surface area (Å²) in [5, 5.41) is 7.67. The van der Waals surface area contributed by atoms with Gasteiger partial charge in [0.25, 0.3) is 0 Å². The molecule has 0 aliphatic rings. The van der Waals surface area contributed by atoms with Crippen LogP contribution in [0, 0.1) is 0 Å². The number of halogens is 25. The van der Waals surface area contributed by atoms with Crippen molar-refractivity contribution in [3.8, 4) is 0 Å². The van der Waals surface area contributed by atoms with Gasteiger partial charge >= 0.3 is 95.3 Å². The highest BCUT2D eigenvalue weighted by molar-refractivity contribution is 8.00. The Morgan fingerprint density at radius 3 is 0.880 bits per heavy atom. The number of alkyl halides is 25. The summed E-state index contributed by atoms with van der Waals surface area (Å²) in [6.07, 6.45) is -10.2. The molecule has 0 spiro atoms. The summed E-state index contributed by atoms with van der Waals surface area (Å²) >= 11 is 0. The lowest BCUT2D eigenvalue weighted by atomic mass is 10.1. The van der Waals surface area contributed by atoms with Crippen molar-refractivity contribution in [2.45, 2.75) is 64.9 Å². The second-order valence-electron chi connectivity index (χ2n) is 7.59. The standard InChI is InChI=1S/C6H3F11O3S.C5H4F8O.C2F6O5S2/c7-2(8)4(11,12)5(13,14)3(9,10)1-20-21(18,19)6(15,16)17;6-2(7)4(10,11)5(12,13)3(8,9)1-14;3-1(4,5)14(9,10)13-15(11,12)2(6,7)8/h2H,1H2;2,14H,1H2;. The van der Waals surface area contributed by atoms with Crippen molar-refractivity contribution < 1.29 is 148 Å². The van der Waals surface area contributed by atoms with E-state index >= 15 is 0 Å². The molecule has 0 saturated heterocycles. The first-order valence-electron chi connectivity index (χ1n) is 9.84. The SMILES string of the molecule is O=S(=O)(OCC(F)(F)C(F)(F)C(F)(F)C(F)F)C(F)(F)F.O=S(=O)(OS(=O)(=O)C(F)(F)F)C(F)(F)F.OCC(F)(F)C(F)(F)C(F)(F)C(F)F. The van der Waals surface area contributed by atoms with E-state index in [0.29, 0.717) is 0 Å². The van der Waals surface area contributed by atoms with Gasteiger partial charge in [-0.25, -0.2) is 17.6 Å². The molecule has 0 aliphatic heterocycles. The molecule has 37 heteroatoms.